The van der Waals surface area contributed by atoms with Crippen molar-refractivity contribution in [2.45, 2.75) is 25.2 Å². The van der Waals surface area contributed by atoms with Crippen molar-refractivity contribution in [1.82, 2.24) is 14.2 Å². The van der Waals surface area contributed by atoms with E-state index >= 15 is 0 Å². The first kappa shape index (κ1) is 18.9. The number of amides is 1. The lowest BCUT2D eigenvalue weighted by Crippen LogP contribution is -2.51. The number of rotatable bonds is 4. The number of hydrogen-bond donors (Lipinski definition) is 0. The lowest BCUT2D eigenvalue weighted by atomic mass is 10.2. The molecule has 1 aromatic carbocycles. The average molecular weight is 397 g/mol. The van der Waals surface area contributed by atoms with E-state index in [-0.39, 0.29) is 30.3 Å². The van der Waals surface area contributed by atoms with Crippen LogP contribution in [-0.2, 0) is 21.2 Å². The van der Waals surface area contributed by atoms with E-state index in [4.69, 9.17) is 0 Å². The van der Waals surface area contributed by atoms with Gasteiger partial charge in [0.15, 0.2) is 0 Å². The maximum absolute atomic E-state index is 13.2. The largest absolute Gasteiger partial charge is 0.340 e. The number of piperazine rings is 1. The molecule has 0 spiro atoms. The van der Waals surface area contributed by atoms with Crippen molar-refractivity contribution in [3.63, 3.8) is 0 Å². The molecule has 6 nitrogen and oxygen atoms in total. The van der Waals surface area contributed by atoms with Gasteiger partial charge in [-0.2, -0.15) is 4.31 Å². The topological polar surface area (TPSA) is 70.6 Å². The molecule has 1 aliphatic heterocycles. The molecule has 3 rings (SSSR count). The predicted molar refractivity (Wildman–Crippen MR) is 97.0 cm³/mol. The minimum Gasteiger partial charge on any atom is -0.340 e. The van der Waals surface area contributed by atoms with E-state index in [0.717, 1.165) is 16.8 Å². The second kappa shape index (κ2) is 7.42. The number of carbonyl (C=O) groups is 1. The van der Waals surface area contributed by atoms with E-state index in [2.05, 4.69) is 4.98 Å². The van der Waals surface area contributed by atoms with E-state index in [0.29, 0.717) is 18.7 Å². The van der Waals surface area contributed by atoms with Gasteiger partial charge in [0.2, 0.25) is 15.9 Å². The Balaban J connectivity index is 1.65. The van der Waals surface area contributed by atoms with Gasteiger partial charge >= 0.3 is 0 Å². The van der Waals surface area contributed by atoms with Gasteiger partial charge in [0.1, 0.15) is 5.82 Å². The number of thiazole rings is 1. The molecule has 0 bridgehead atoms. The van der Waals surface area contributed by atoms with Crippen LogP contribution in [0.5, 0.6) is 0 Å². The monoisotopic (exact) mass is 397 g/mol. The molecule has 1 aliphatic rings. The van der Waals surface area contributed by atoms with Crippen molar-refractivity contribution in [3.8, 4) is 0 Å². The minimum atomic E-state index is -3.70. The van der Waals surface area contributed by atoms with Gasteiger partial charge in [-0.05, 0) is 37.6 Å². The van der Waals surface area contributed by atoms with Crippen LogP contribution >= 0.6 is 11.3 Å². The fraction of sp³-hybridized carbons (Fsp3) is 0.412. The van der Waals surface area contributed by atoms with Crippen LogP contribution in [0.15, 0.2) is 28.5 Å². The lowest BCUT2D eigenvalue weighted by molar-refractivity contribution is -0.131. The molecule has 1 amide bonds. The van der Waals surface area contributed by atoms with Crippen LogP contribution in [0.3, 0.4) is 0 Å². The van der Waals surface area contributed by atoms with E-state index in [1.165, 1.54) is 27.8 Å². The number of sulfonamides is 1. The van der Waals surface area contributed by atoms with Gasteiger partial charge in [0.25, 0.3) is 0 Å². The summed E-state index contributed by atoms with van der Waals surface area (Å²) in [7, 11) is -3.70. The van der Waals surface area contributed by atoms with E-state index in [1.807, 2.05) is 12.3 Å². The molecule has 1 saturated heterocycles. The zero-order valence-electron chi connectivity index (χ0n) is 14.6. The van der Waals surface area contributed by atoms with Gasteiger partial charge < -0.3 is 4.90 Å². The highest BCUT2D eigenvalue weighted by molar-refractivity contribution is 7.89. The summed E-state index contributed by atoms with van der Waals surface area (Å²) in [6.45, 7) is 4.58. The predicted octanol–water partition coefficient (Wildman–Crippen LogP) is 1.97. The Labute approximate surface area is 156 Å². The summed E-state index contributed by atoms with van der Waals surface area (Å²) < 4.78 is 40.2. The van der Waals surface area contributed by atoms with E-state index < -0.39 is 15.8 Å². The molecular formula is C17H20FN3O3S2. The first-order chi connectivity index (χ1) is 12.3. The summed E-state index contributed by atoms with van der Waals surface area (Å²) >= 11 is 1.50. The van der Waals surface area contributed by atoms with Gasteiger partial charge in [-0.3, -0.25) is 4.79 Å². The highest BCUT2D eigenvalue weighted by Gasteiger charge is 2.31. The Bertz CT molecular complexity index is 919. The second-order valence-corrected chi connectivity index (χ2v) is 9.20. The van der Waals surface area contributed by atoms with Gasteiger partial charge in [-0.15, -0.1) is 11.3 Å². The molecular weight excluding hydrogens is 377 g/mol. The van der Waals surface area contributed by atoms with Crippen LogP contribution in [-0.4, -0.2) is 54.7 Å². The summed E-state index contributed by atoms with van der Waals surface area (Å²) in [6.07, 6.45) is 0.230. The Morgan fingerprint density at radius 2 is 1.92 bits per heavy atom. The third kappa shape index (κ3) is 3.94. The number of carbonyl (C=O) groups excluding carboxylic acids is 1. The van der Waals surface area contributed by atoms with E-state index in [1.54, 1.807) is 11.8 Å². The molecule has 1 aromatic heterocycles. The lowest BCUT2D eigenvalue weighted by Gasteiger charge is -2.34. The summed E-state index contributed by atoms with van der Waals surface area (Å²) in [5.74, 6) is -0.514. The molecule has 0 aliphatic carbocycles. The first-order valence-electron chi connectivity index (χ1n) is 8.22. The number of aromatic nitrogens is 1. The molecule has 1 fully saturated rings. The molecule has 26 heavy (non-hydrogen) atoms. The molecule has 0 saturated carbocycles. The minimum absolute atomic E-state index is 0.0506. The van der Waals surface area contributed by atoms with Crippen molar-refractivity contribution in [2.75, 3.05) is 26.2 Å². The number of aryl methyl sites for hydroxylation is 2. The maximum Gasteiger partial charge on any atom is 0.243 e. The van der Waals surface area contributed by atoms with Gasteiger partial charge in [0, 0.05) is 31.6 Å². The summed E-state index contributed by atoms with van der Waals surface area (Å²) in [4.78, 5) is 18.4. The van der Waals surface area contributed by atoms with Crippen LogP contribution in [0.1, 0.15) is 16.3 Å². The van der Waals surface area contributed by atoms with Crippen LogP contribution in [0.4, 0.5) is 4.39 Å². The van der Waals surface area contributed by atoms with E-state index in [9.17, 15) is 17.6 Å². The van der Waals surface area contributed by atoms with Crippen molar-refractivity contribution in [2.24, 2.45) is 0 Å². The fourth-order valence-corrected chi connectivity index (χ4v) is 5.22. The Hall–Kier alpha value is -1.84. The van der Waals surface area contributed by atoms with Crippen molar-refractivity contribution < 1.29 is 17.6 Å². The molecule has 0 N–H and O–H groups in total. The summed E-state index contributed by atoms with van der Waals surface area (Å²) in [5, 5.41) is 2.78. The third-order valence-electron chi connectivity index (χ3n) is 4.35. The molecule has 140 valence electrons. The number of nitrogens with zero attached hydrogens (tertiary/aromatic N) is 3. The quantitative estimate of drug-likeness (QED) is 0.791. The third-order valence-corrected chi connectivity index (χ3v) is 7.23. The zero-order valence-corrected chi connectivity index (χ0v) is 16.2. The highest BCUT2D eigenvalue weighted by Crippen LogP contribution is 2.22. The Morgan fingerprint density at radius 3 is 2.50 bits per heavy atom. The molecule has 9 heteroatoms. The Kier molecular flexibility index (Phi) is 5.40. The molecule has 0 atom stereocenters. The van der Waals surface area contributed by atoms with Crippen LogP contribution in [0.25, 0.3) is 0 Å². The van der Waals surface area contributed by atoms with Crippen LogP contribution < -0.4 is 0 Å². The van der Waals surface area contributed by atoms with Gasteiger partial charge in [-0.25, -0.2) is 17.8 Å². The maximum atomic E-state index is 13.2. The number of hydrogen-bond acceptors (Lipinski definition) is 5. The zero-order chi connectivity index (χ0) is 18.9. The first-order valence-corrected chi connectivity index (χ1v) is 10.5. The standard InChI is InChI=1S/C17H20FN3O3S2/c1-12-9-14(18)3-4-16(12)26(23,24)21-7-5-20(6-8-21)17(22)10-15-11-25-13(2)19-15/h3-4,9,11H,5-8,10H2,1-2H3. The average Bonchev–Trinajstić information content (AvgIpc) is 2.99. The van der Waals surface area contributed by atoms with Crippen molar-refractivity contribution in [3.05, 3.63) is 45.7 Å². The Morgan fingerprint density at radius 1 is 1.23 bits per heavy atom. The fourth-order valence-electron chi connectivity index (χ4n) is 2.98. The van der Waals surface area contributed by atoms with Crippen LogP contribution in [0.2, 0.25) is 0 Å². The highest BCUT2D eigenvalue weighted by atomic mass is 32.2. The normalized spacial score (nSPS) is 16.0. The van der Waals surface area contributed by atoms with Crippen molar-refractivity contribution >= 4 is 27.3 Å². The van der Waals surface area contributed by atoms with Gasteiger partial charge in [-0.1, -0.05) is 0 Å². The molecule has 0 unspecified atom stereocenters. The molecule has 0 radical (unpaired) electrons. The SMILES string of the molecule is Cc1nc(CC(=O)N2CCN(S(=O)(=O)c3ccc(F)cc3C)CC2)cs1. The smallest absolute Gasteiger partial charge is 0.243 e. The number of halogens is 1. The summed E-state index contributed by atoms with van der Waals surface area (Å²) in [6, 6.07) is 3.65. The van der Waals surface area contributed by atoms with Crippen LogP contribution in [0, 0.1) is 19.7 Å². The number of benzene rings is 1. The second-order valence-electron chi connectivity index (χ2n) is 6.23. The molecule has 2 heterocycles. The molecule has 2 aromatic rings. The summed E-state index contributed by atoms with van der Waals surface area (Å²) in [5.41, 5.74) is 1.12. The van der Waals surface area contributed by atoms with Crippen molar-refractivity contribution in [1.29, 1.82) is 0 Å². The van der Waals surface area contributed by atoms with Gasteiger partial charge in [0.05, 0.1) is 22.0 Å².